The number of fused-ring (bicyclic) bond motifs is 1. The van der Waals surface area contributed by atoms with E-state index in [9.17, 15) is 8.42 Å². The van der Waals surface area contributed by atoms with Crippen molar-refractivity contribution in [3.05, 3.63) is 90.0 Å². The second-order valence-electron chi connectivity index (χ2n) is 6.17. The third kappa shape index (κ3) is 3.13. The Kier molecular flexibility index (Phi) is 4.31. The predicted octanol–water partition coefficient (Wildman–Crippen LogP) is 3.92. The lowest BCUT2D eigenvalue weighted by atomic mass is 10.1. The minimum atomic E-state index is -3.47. The van der Waals surface area contributed by atoms with Gasteiger partial charge in [-0.2, -0.15) is 0 Å². The van der Waals surface area contributed by atoms with E-state index >= 15 is 0 Å². The normalized spacial score (nSPS) is 13.5. The molecule has 0 saturated carbocycles. The lowest BCUT2D eigenvalue weighted by Gasteiger charge is -2.27. The lowest BCUT2D eigenvalue weighted by molar-refractivity contribution is 0.596. The molecule has 0 radical (unpaired) electrons. The molecule has 0 N–H and O–H groups in total. The highest BCUT2D eigenvalue weighted by Crippen LogP contribution is 2.25. The number of sulfone groups is 1. The van der Waals surface area contributed by atoms with E-state index in [2.05, 4.69) is 16.0 Å². The molecule has 0 aromatic heterocycles. The molecule has 0 saturated heterocycles. The fraction of sp³-hybridized carbons (Fsp3) is 0.0952. The molecule has 26 heavy (non-hydrogen) atoms. The molecule has 0 atom stereocenters. The molecule has 5 heteroatoms. The first-order valence-corrected chi connectivity index (χ1v) is 9.86. The molecule has 0 amide bonds. The zero-order valence-electron chi connectivity index (χ0n) is 14.1. The Morgan fingerprint density at radius 2 is 1.46 bits per heavy atom. The van der Waals surface area contributed by atoms with Crippen LogP contribution < -0.4 is 4.90 Å². The average Bonchev–Trinajstić information content (AvgIpc) is 2.69. The topological polar surface area (TPSA) is 49.7 Å². The molecular formula is C21H18N2O2S. The summed E-state index contributed by atoms with van der Waals surface area (Å²) < 4.78 is 25.3. The van der Waals surface area contributed by atoms with E-state index in [-0.39, 0.29) is 0 Å². The Morgan fingerprint density at radius 3 is 2.23 bits per heavy atom. The second-order valence-corrected chi connectivity index (χ2v) is 8.12. The number of benzene rings is 3. The van der Waals surface area contributed by atoms with Gasteiger partial charge in [-0.3, -0.25) is 4.99 Å². The van der Waals surface area contributed by atoms with Gasteiger partial charge in [0.25, 0.3) is 0 Å². The van der Waals surface area contributed by atoms with Crippen LogP contribution >= 0.6 is 0 Å². The fourth-order valence-corrected chi connectivity index (χ4v) is 4.35. The largest absolute Gasteiger partial charge is 0.347 e. The van der Waals surface area contributed by atoms with Gasteiger partial charge < -0.3 is 4.90 Å². The van der Waals surface area contributed by atoms with Crippen LogP contribution in [-0.2, 0) is 16.4 Å². The number of para-hydroxylation sites is 1. The fourth-order valence-electron chi connectivity index (χ4n) is 3.06. The van der Waals surface area contributed by atoms with Gasteiger partial charge in [0.2, 0.25) is 9.84 Å². The molecule has 4 rings (SSSR count). The van der Waals surface area contributed by atoms with Crippen molar-refractivity contribution in [3.8, 4) is 0 Å². The molecule has 3 aromatic carbocycles. The highest BCUT2D eigenvalue weighted by atomic mass is 32.2. The standard InChI is InChI=1S/C21H18N2O2S/c24-26(25,19-7-2-1-3-8-19)20-12-10-17(11-13-20)15-23-16-22-14-18-6-4-5-9-21(18)23/h1-14H,15-16H2. The smallest absolute Gasteiger partial charge is 0.206 e. The maximum atomic E-state index is 12.7. The molecule has 0 spiro atoms. The van der Waals surface area contributed by atoms with Crippen LogP contribution in [0.5, 0.6) is 0 Å². The van der Waals surface area contributed by atoms with Crippen LogP contribution in [0.25, 0.3) is 0 Å². The van der Waals surface area contributed by atoms with Gasteiger partial charge in [0, 0.05) is 24.0 Å². The van der Waals surface area contributed by atoms with Gasteiger partial charge in [0.15, 0.2) is 0 Å². The van der Waals surface area contributed by atoms with Gasteiger partial charge in [-0.25, -0.2) is 8.42 Å². The zero-order valence-corrected chi connectivity index (χ0v) is 14.9. The first kappa shape index (κ1) is 16.5. The average molecular weight is 362 g/mol. The summed E-state index contributed by atoms with van der Waals surface area (Å²) in [5.41, 5.74) is 3.29. The number of hydrogen-bond donors (Lipinski definition) is 0. The van der Waals surface area contributed by atoms with Crippen LogP contribution in [0, 0.1) is 0 Å². The van der Waals surface area contributed by atoms with E-state index in [0.717, 1.165) is 16.8 Å². The van der Waals surface area contributed by atoms with Crippen LogP contribution in [0.4, 0.5) is 5.69 Å². The molecule has 0 fully saturated rings. The summed E-state index contributed by atoms with van der Waals surface area (Å²) in [6.45, 7) is 1.28. The van der Waals surface area contributed by atoms with E-state index < -0.39 is 9.84 Å². The Labute approximate surface area is 153 Å². The second kappa shape index (κ2) is 6.77. The van der Waals surface area contributed by atoms with Crippen molar-refractivity contribution in [1.29, 1.82) is 0 Å². The van der Waals surface area contributed by atoms with Crippen molar-refractivity contribution in [1.82, 2.24) is 0 Å². The van der Waals surface area contributed by atoms with Gasteiger partial charge in [0.05, 0.1) is 9.79 Å². The molecule has 1 aliphatic rings. The third-order valence-corrected chi connectivity index (χ3v) is 6.21. The molecule has 130 valence electrons. The minimum Gasteiger partial charge on any atom is -0.347 e. The summed E-state index contributed by atoms with van der Waals surface area (Å²) in [7, 11) is -3.47. The number of rotatable bonds is 4. The number of hydrogen-bond acceptors (Lipinski definition) is 4. The minimum absolute atomic E-state index is 0.310. The van der Waals surface area contributed by atoms with Crippen LogP contribution in [-0.4, -0.2) is 21.3 Å². The van der Waals surface area contributed by atoms with Crippen molar-refractivity contribution in [2.75, 3.05) is 11.6 Å². The molecule has 0 aliphatic carbocycles. The highest BCUT2D eigenvalue weighted by Gasteiger charge is 2.18. The van der Waals surface area contributed by atoms with Gasteiger partial charge in [0.1, 0.15) is 6.67 Å². The van der Waals surface area contributed by atoms with Crippen LogP contribution in [0.1, 0.15) is 11.1 Å². The van der Waals surface area contributed by atoms with E-state index in [1.165, 1.54) is 0 Å². The van der Waals surface area contributed by atoms with E-state index in [4.69, 9.17) is 0 Å². The van der Waals surface area contributed by atoms with Gasteiger partial charge in [-0.15, -0.1) is 0 Å². The predicted molar refractivity (Wildman–Crippen MR) is 103 cm³/mol. The first-order valence-electron chi connectivity index (χ1n) is 8.37. The quantitative estimate of drug-likeness (QED) is 0.707. The summed E-state index contributed by atoms with van der Waals surface area (Å²) in [5.74, 6) is 0. The highest BCUT2D eigenvalue weighted by molar-refractivity contribution is 7.91. The summed E-state index contributed by atoms with van der Waals surface area (Å²) in [6.07, 6.45) is 1.89. The Morgan fingerprint density at radius 1 is 0.808 bits per heavy atom. The van der Waals surface area contributed by atoms with E-state index in [1.54, 1.807) is 42.5 Å². The lowest BCUT2D eigenvalue weighted by Crippen LogP contribution is -2.26. The third-order valence-electron chi connectivity index (χ3n) is 4.42. The van der Waals surface area contributed by atoms with Gasteiger partial charge >= 0.3 is 0 Å². The Balaban J connectivity index is 1.57. The maximum absolute atomic E-state index is 12.7. The molecule has 1 aliphatic heterocycles. The van der Waals surface area contributed by atoms with Crippen LogP contribution in [0.15, 0.2) is 93.6 Å². The van der Waals surface area contributed by atoms with Gasteiger partial charge in [-0.1, -0.05) is 48.5 Å². The maximum Gasteiger partial charge on any atom is 0.206 e. The Hall–Kier alpha value is -2.92. The SMILES string of the molecule is O=S(=O)(c1ccccc1)c1ccc(CN2CN=Cc3ccccc32)cc1. The van der Waals surface area contributed by atoms with Crippen molar-refractivity contribution >= 4 is 21.7 Å². The monoisotopic (exact) mass is 362 g/mol. The van der Waals surface area contributed by atoms with Crippen molar-refractivity contribution < 1.29 is 8.42 Å². The molecule has 4 nitrogen and oxygen atoms in total. The zero-order chi connectivity index (χ0) is 18.0. The molecule has 0 bridgehead atoms. The summed E-state index contributed by atoms with van der Waals surface area (Å²) in [5, 5.41) is 0. The van der Waals surface area contributed by atoms with Crippen LogP contribution in [0.3, 0.4) is 0 Å². The van der Waals surface area contributed by atoms with Crippen LogP contribution in [0.2, 0.25) is 0 Å². The summed E-state index contributed by atoms with van der Waals surface area (Å²) >= 11 is 0. The van der Waals surface area contributed by atoms with Crippen molar-refractivity contribution in [2.45, 2.75) is 16.3 Å². The Bertz CT molecular complexity index is 1040. The van der Waals surface area contributed by atoms with Gasteiger partial charge in [-0.05, 0) is 35.9 Å². The number of nitrogens with zero attached hydrogens (tertiary/aromatic N) is 2. The molecule has 1 heterocycles. The van der Waals surface area contributed by atoms with Crippen molar-refractivity contribution in [2.24, 2.45) is 4.99 Å². The molecule has 0 unspecified atom stereocenters. The summed E-state index contributed by atoms with van der Waals surface area (Å²) in [4.78, 5) is 7.20. The van der Waals surface area contributed by atoms with E-state index in [0.29, 0.717) is 23.0 Å². The van der Waals surface area contributed by atoms with E-state index in [1.807, 2.05) is 36.5 Å². The number of anilines is 1. The molecule has 3 aromatic rings. The molecular weight excluding hydrogens is 344 g/mol. The summed E-state index contributed by atoms with van der Waals surface area (Å²) in [6, 6.07) is 23.7. The van der Waals surface area contributed by atoms with Crippen molar-refractivity contribution in [3.63, 3.8) is 0 Å². The first-order chi connectivity index (χ1) is 12.6. The number of aliphatic imine (C=N–C) groups is 1.